The van der Waals surface area contributed by atoms with Crippen molar-refractivity contribution in [3.8, 4) is 0 Å². The maximum Gasteiger partial charge on any atom is 0.0724 e. The molecule has 0 aliphatic heterocycles. The molecule has 3 nitrogen and oxygen atoms in total. The number of hydrogen-bond donors (Lipinski definition) is 1. The van der Waals surface area contributed by atoms with Crippen molar-refractivity contribution in [3.05, 3.63) is 35.4 Å². The lowest BCUT2D eigenvalue weighted by atomic mass is 10.1. The zero-order valence-electron chi connectivity index (χ0n) is 14.1. The van der Waals surface area contributed by atoms with Crippen LogP contribution in [0.1, 0.15) is 51.2 Å². The first-order valence-electron chi connectivity index (χ1n) is 7.99. The van der Waals surface area contributed by atoms with E-state index in [2.05, 4.69) is 50.4 Å². The molecule has 0 saturated carbocycles. The van der Waals surface area contributed by atoms with Crippen molar-refractivity contribution in [2.45, 2.75) is 58.8 Å². The van der Waals surface area contributed by atoms with E-state index in [0.717, 1.165) is 39.0 Å². The summed E-state index contributed by atoms with van der Waals surface area (Å²) in [5.41, 5.74) is 2.52. The minimum absolute atomic E-state index is 0.0393. The van der Waals surface area contributed by atoms with Crippen LogP contribution in [0.15, 0.2) is 24.3 Å². The maximum absolute atomic E-state index is 5.91. The summed E-state index contributed by atoms with van der Waals surface area (Å²) in [6, 6.07) is 8.68. The van der Waals surface area contributed by atoms with Gasteiger partial charge in [0.1, 0.15) is 0 Å². The fraction of sp³-hybridized carbons (Fsp3) is 0.667. The molecule has 120 valence electrons. The number of benzene rings is 1. The molecule has 1 rings (SSSR count). The maximum atomic E-state index is 5.91. The van der Waals surface area contributed by atoms with Gasteiger partial charge < -0.3 is 14.8 Å². The molecule has 0 radical (unpaired) electrons. The lowest BCUT2D eigenvalue weighted by molar-refractivity contribution is -0.0316. The molecule has 3 heteroatoms. The van der Waals surface area contributed by atoms with Crippen molar-refractivity contribution >= 4 is 0 Å². The summed E-state index contributed by atoms with van der Waals surface area (Å²) in [5, 5.41) is 3.46. The Morgan fingerprint density at radius 2 is 1.71 bits per heavy atom. The molecule has 0 aliphatic carbocycles. The fourth-order valence-corrected chi connectivity index (χ4v) is 1.86. The summed E-state index contributed by atoms with van der Waals surface area (Å²) in [4.78, 5) is 0. The van der Waals surface area contributed by atoms with Crippen molar-refractivity contribution in [1.29, 1.82) is 0 Å². The van der Waals surface area contributed by atoms with Crippen molar-refractivity contribution in [1.82, 2.24) is 5.32 Å². The zero-order valence-corrected chi connectivity index (χ0v) is 14.1. The van der Waals surface area contributed by atoms with Gasteiger partial charge in [0, 0.05) is 20.3 Å². The van der Waals surface area contributed by atoms with Crippen molar-refractivity contribution < 1.29 is 9.47 Å². The average Bonchev–Trinajstić information content (AvgIpc) is 2.50. The van der Waals surface area contributed by atoms with Crippen molar-refractivity contribution in [2.24, 2.45) is 0 Å². The van der Waals surface area contributed by atoms with Crippen LogP contribution in [0.2, 0.25) is 0 Å². The highest BCUT2D eigenvalue weighted by Crippen LogP contribution is 2.16. The van der Waals surface area contributed by atoms with E-state index in [0.29, 0.717) is 6.61 Å². The van der Waals surface area contributed by atoms with Crippen LogP contribution in [-0.2, 0) is 22.6 Å². The molecule has 0 unspecified atom stereocenters. The molecule has 0 heterocycles. The van der Waals surface area contributed by atoms with Gasteiger partial charge in [0.25, 0.3) is 0 Å². The lowest BCUT2D eigenvalue weighted by Gasteiger charge is -2.23. The Hall–Kier alpha value is -0.900. The second-order valence-electron chi connectivity index (χ2n) is 6.10. The number of ether oxygens (including phenoxy) is 2. The Morgan fingerprint density at radius 1 is 1.05 bits per heavy atom. The third-order valence-electron chi connectivity index (χ3n) is 3.79. The van der Waals surface area contributed by atoms with Gasteiger partial charge in [-0.05, 0) is 50.8 Å². The molecular formula is C18H31NO2. The van der Waals surface area contributed by atoms with E-state index in [9.17, 15) is 0 Å². The zero-order chi connectivity index (χ0) is 15.6. The molecule has 0 aromatic heterocycles. The number of nitrogens with one attached hydrogen (secondary N) is 1. The Labute approximate surface area is 130 Å². The van der Waals surface area contributed by atoms with Gasteiger partial charge in [-0.3, -0.25) is 0 Å². The van der Waals surface area contributed by atoms with Gasteiger partial charge in [0.15, 0.2) is 0 Å². The predicted octanol–water partition coefficient (Wildman–Crippen LogP) is 3.91. The largest absolute Gasteiger partial charge is 0.385 e. The summed E-state index contributed by atoms with van der Waals surface area (Å²) in [5.74, 6) is 0. The quantitative estimate of drug-likeness (QED) is 0.628. The van der Waals surface area contributed by atoms with Gasteiger partial charge in [-0.25, -0.2) is 0 Å². The number of methoxy groups -OCH3 is 1. The van der Waals surface area contributed by atoms with Crippen LogP contribution in [0, 0.1) is 0 Å². The average molecular weight is 293 g/mol. The molecule has 0 aliphatic rings. The fourth-order valence-electron chi connectivity index (χ4n) is 1.86. The number of rotatable bonds is 11. The molecule has 0 spiro atoms. The van der Waals surface area contributed by atoms with E-state index in [1.807, 2.05) is 0 Å². The minimum Gasteiger partial charge on any atom is -0.385 e. The molecule has 0 atom stereocenters. The standard InChI is InChI=1S/C18H31NO2/c1-5-18(2,3)21-15-17-10-8-16(9-11-17)14-19-12-6-7-13-20-4/h8-11,19H,5-7,12-15H2,1-4H3. The second-order valence-corrected chi connectivity index (χ2v) is 6.10. The van der Waals surface area contributed by atoms with Gasteiger partial charge in [-0.15, -0.1) is 0 Å². The summed E-state index contributed by atoms with van der Waals surface area (Å²) >= 11 is 0. The molecular weight excluding hydrogens is 262 g/mol. The normalized spacial score (nSPS) is 11.8. The molecule has 1 aromatic rings. The minimum atomic E-state index is -0.0393. The van der Waals surface area contributed by atoms with Gasteiger partial charge in [0.2, 0.25) is 0 Å². The van der Waals surface area contributed by atoms with Crippen LogP contribution < -0.4 is 5.32 Å². The van der Waals surface area contributed by atoms with Crippen molar-refractivity contribution in [3.63, 3.8) is 0 Å². The van der Waals surface area contributed by atoms with Crippen LogP contribution in [0.4, 0.5) is 0 Å². The van der Waals surface area contributed by atoms with E-state index in [4.69, 9.17) is 9.47 Å². The first-order chi connectivity index (χ1) is 10.1. The smallest absolute Gasteiger partial charge is 0.0724 e. The number of unbranched alkanes of at least 4 members (excludes halogenated alkanes) is 1. The number of hydrogen-bond acceptors (Lipinski definition) is 3. The summed E-state index contributed by atoms with van der Waals surface area (Å²) < 4.78 is 10.9. The Bertz CT molecular complexity index is 373. The van der Waals surface area contributed by atoms with Gasteiger partial charge in [-0.2, -0.15) is 0 Å². The molecule has 0 bridgehead atoms. The molecule has 0 fully saturated rings. The van der Waals surface area contributed by atoms with Gasteiger partial charge >= 0.3 is 0 Å². The van der Waals surface area contributed by atoms with E-state index >= 15 is 0 Å². The summed E-state index contributed by atoms with van der Waals surface area (Å²) in [6.07, 6.45) is 3.30. The molecule has 1 aromatic carbocycles. The molecule has 0 amide bonds. The Balaban J connectivity index is 2.24. The highest BCUT2D eigenvalue weighted by atomic mass is 16.5. The van der Waals surface area contributed by atoms with Crippen LogP contribution in [0.3, 0.4) is 0 Å². The highest BCUT2D eigenvalue weighted by Gasteiger charge is 2.14. The van der Waals surface area contributed by atoms with Crippen LogP contribution >= 0.6 is 0 Å². The van der Waals surface area contributed by atoms with E-state index < -0.39 is 0 Å². The lowest BCUT2D eigenvalue weighted by Crippen LogP contribution is -2.22. The summed E-state index contributed by atoms with van der Waals surface area (Å²) in [7, 11) is 1.75. The second kappa shape index (κ2) is 9.93. The van der Waals surface area contributed by atoms with Crippen molar-refractivity contribution in [2.75, 3.05) is 20.3 Å². The van der Waals surface area contributed by atoms with Crippen LogP contribution in [0.5, 0.6) is 0 Å². The highest BCUT2D eigenvalue weighted by molar-refractivity contribution is 5.22. The predicted molar refractivity (Wildman–Crippen MR) is 88.4 cm³/mol. The Kier molecular flexibility index (Phi) is 8.58. The van der Waals surface area contributed by atoms with E-state index in [-0.39, 0.29) is 5.60 Å². The summed E-state index contributed by atoms with van der Waals surface area (Å²) in [6.45, 7) is 9.93. The van der Waals surface area contributed by atoms with Gasteiger partial charge in [0.05, 0.1) is 12.2 Å². The van der Waals surface area contributed by atoms with Crippen LogP contribution in [0.25, 0.3) is 0 Å². The third-order valence-corrected chi connectivity index (χ3v) is 3.79. The van der Waals surface area contributed by atoms with Gasteiger partial charge in [-0.1, -0.05) is 31.2 Å². The molecule has 21 heavy (non-hydrogen) atoms. The molecule has 0 saturated heterocycles. The van der Waals surface area contributed by atoms with E-state index in [1.165, 1.54) is 11.1 Å². The topological polar surface area (TPSA) is 30.5 Å². The Morgan fingerprint density at radius 3 is 2.33 bits per heavy atom. The first-order valence-corrected chi connectivity index (χ1v) is 7.99. The first kappa shape index (κ1) is 18.1. The SMILES string of the molecule is CCC(C)(C)OCc1ccc(CNCCCCOC)cc1. The monoisotopic (exact) mass is 293 g/mol. The van der Waals surface area contributed by atoms with Crippen LogP contribution in [-0.4, -0.2) is 25.9 Å². The molecule has 1 N–H and O–H groups in total. The third kappa shape index (κ3) is 8.20. The van der Waals surface area contributed by atoms with E-state index in [1.54, 1.807) is 7.11 Å².